The van der Waals surface area contributed by atoms with E-state index in [2.05, 4.69) is 207 Å². The lowest BCUT2D eigenvalue weighted by Gasteiger charge is -2.25. The molecule has 0 aliphatic heterocycles. The van der Waals surface area contributed by atoms with Crippen molar-refractivity contribution in [2.75, 3.05) is 4.90 Å². The van der Waals surface area contributed by atoms with Crippen molar-refractivity contribution in [2.24, 2.45) is 0 Å². The molecule has 1 aliphatic rings. The first-order valence-corrected chi connectivity index (χ1v) is 20.4. The number of hydrogen-bond acceptors (Lipinski definition) is 4. The van der Waals surface area contributed by atoms with Crippen molar-refractivity contribution in [3.05, 3.63) is 217 Å². The van der Waals surface area contributed by atoms with Crippen LogP contribution in [0.5, 0.6) is 0 Å². The lowest BCUT2D eigenvalue weighted by Crippen LogP contribution is -2.15. The largest absolute Gasteiger partial charge is 0.311 e. The van der Waals surface area contributed by atoms with Gasteiger partial charge < -0.3 is 4.90 Å². The summed E-state index contributed by atoms with van der Waals surface area (Å²) in [5, 5.41) is 1.15. The van der Waals surface area contributed by atoms with E-state index in [1.54, 1.807) is 6.08 Å². The first kappa shape index (κ1) is 36.7. The molecule has 288 valence electrons. The normalized spacial score (nSPS) is 12.7. The maximum absolute atomic E-state index is 5.26. The Morgan fingerprint density at radius 3 is 1.75 bits per heavy atom. The van der Waals surface area contributed by atoms with Crippen LogP contribution in [0, 0.1) is 6.92 Å². The molecule has 60 heavy (non-hydrogen) atoms. The number of rotatable bonds is 9. The predicted molar refractivity (Wildman–Crippen MR) is 249 cm³/mol. The molecule has 0 amide bonds. The molecule has 0 radical (unpaired) electrons. The van der Waals surface area contributed by atoms with Crippen molar-refractivity contribution in [1.82, 2.24) is 19.5 Å². The van der Waals surface area contributed by atoms with E-state index in [0.717, 1.165) is 61.5 Å². The van der Waals surface area contributed by atoms with Gasteiger partial charge in [0.15, 0.2) is 11.6 Å². The molecule has 0 bridgehead atoms. The molecule has 2 aromatic heterocycles. The van der Waals surface area contributed by atoms with E-state index in [-0.39, 0.29) is 5.41 Å². The Labute approximate surface area is 351 Å². The summed E-state index contributed by atoms with van der Waals surface area (Å²) in [4.78, 5) is 18.0. The highest BCUT2D eigenvalue weighted by Crippen LogP contribution is 2.49. The van der Waals surface area contributed by atoms with Gasteiger partial charge in [-0.2, -0.15) is 9.97 Å². The number of allylic oxidation sites excluding steroid dienone is 2. The molecule has 0 saturated heterocycles. The van der Waals surface area contributed by atoms with Crippen molar-refractivity contribution in [2.45, 2.75) is 26.2 Å². The highest BCUT2D eigenvalue weighted by atomic mass is 15.2. The summed E-state index contributed by atoms with van der Waals surface area (Å²) in [5.74, 6) is 1.79. The summed E-state index contributed by atoms with van der Waals surface area (Å²) in [6, 6.07) is 62.1. The van der Waals surface area contributed by atoms with E-state index in [4.69, 9.17) is 15.0 Å². The standard InChI is InChI=1S/C55H43N5/c1-5-6-24-50-37(2)45-21-14-16-25-51(45)60(50)54-57-52(56-53(58-54)41-32-35-47-46-22-13-15-23-48(46)55(3,4)49(47)36-41)40-28-26-38(27-29-40)39-30-33-44(34-31-39)59(42-17-9-7-10-18-42)43-19-11-8-12-20-43/h5-36H,1H2,2-4H3/b24-6-. The maximum Gasteiger partial charge on any atom is 0.238 e. The van der Waals surface area contributed by atoms with Gasteiger partial charge in [-0.1, -0.05) is 160 Å². The van der Waals surface area contributed by atoms with Crippen LogP contribution < -0.4 is 4.90 Å². The third kappa shape index (κ3) is 6.32. The lowest BCUT2D eigenvalue weighted by molar-refractivity contribution is 0.660. The molecule has 5 nitrogen and oxygen atoms in total. The van der Waals surface area contributed by atoms with E-state index >= 15 is 0 Å². The molecular formula is C55H43N5. The summed E-state index contributed by atoms with van der Waals surface area (Å²) in [6.45, 7) is 10.7. The number of aryl methyl sites for hydroxylation is 1. The number of benzene rings is 7. The molecule has 2 heterocycles. The number of aromatic nitrogens is 4. The summed E-state index contributed by atoms with van der Waals surface area (Å²) >= 11 is 0. The summed E-state index contributed by atoms with van der Waals surface area (Å²) in [7, 11) is 0. The molecule has 10 rings (SSSR count). The SMILES string of the molecule is C=C/C=C\c1c(C)c2ccccc2n1-c1nc(-c2ccc(-c3ccc(N(c4ccccc4)c4ccccc4)cc3)cc2)nc(-c2ccc3c(c2)C(C)(C)c2ccccc2-3)n1. The van der Waals surface area contributed by atoms with E-state index in [0.29, 0.717) is 17.6 Å². The van der Waals surface area contributed by atoms with Crippen molar-refractivity contribution in [3.8, 4) is 51.0 Å². The fourth-order valence-corrected chi connectivity index (χ4v) is 8.78. The Hall–Kier alpha value is -7.63. The Kier molecular flexibility index (Phi) is 9.14. The second-order valence-corrected chi connectivity index (χ2v) is 15.8. The predicted octanol–water partition coefficient (Wildman–Crippen LogP) is 14.1. The fourth-order valence-electron chi connectivity index (χ4n) is 8.78. The number of para-hydroxylation sites is 3. The molecule has 7 aromatic carbocycles. The summed E-state index contributed by atoms with van der Waals surface area (Å²) < 4.78 is 2.15. The minimum absolute atomic E-state index is 0.160. The first-order chi connectivity index (χ1) is 29.4. The second-order valence-electron chi connectivity index (χ2n) is 15.8. The Bertz CT molecular complexity index is 3030. The summed E-state index contributed by atoms with van der Waals surface area (Å²) in [6.07, 6.45) is 5.85. The van der Waals surface area contributed by atoms with Crippen LogP contribution in [0.3, 0.4) is 0 Å². The van der Waals surface area contributed by atoms with Crippen LogP contribution in [0.1, 0.15) is 36.2 Å². The van der Waals surface area contributed by atoms with Gasteiger partial charge in [0.2, 0.25) is 5.95 Å². The molecule has 0 N–H and O–H groups in total. The first-order valence-electron chi connectivity index (χ1n) is 20.4. The van der Waals surface area contributed by atoms with Crippen LogP contribution in [0.25, 0.3) is 68.0 Å². The van der Waals surface area contributed by atoms with Crippen LogP contribution in [-0.2, 0) is 5.41 Å². The summed E-state index contributed by atoms with van der Waals surface area (Å²) in [5.41, 5.74) is 15.6. The van der Waals surface area contributed by atoms with Gasteiger partial charge in [-0.15, -0.1) is 0 Å². The van der Waals surface area contributed by atoms with Crippen molar-refractivity contribution in [3.63, 3.8) is 0 Å². The fraction of sp³-hybridized carbons (Fsp3) is 0.0727. The van der Waals surface area contributed by atoms with Gasteiger partial charge in [-0.05, 0) is 100 Å². The van der Waals surface area contributed by atoms with Gasteiger partial charge in [-0.3, -0.25) is 4.57 Å². The molecule has 0 spiro atoms. The van der Waals surface area contributed by atoms with E-state index in [1.807, 2.05) is 18.2 Å². The van der Waals surface area contributed by atoms with Crippen molar-refractivity contribution < 1.29 is 0 Å². The van der Waals surface area contributed by atoms with Crippen LogP contribution >= 0.6 is 0 Å². The third-order valence-corrected chi connectivity index (χ3v) is 11.9. The van der Waals surface area contributed by atoms with E-state index < -0.39 is 0 Å². The minimum atomic E-state index is -0.160. The number of nitrogens with zero attached hydrogens (tertiary/aromatic N) is 5. The Morgan fingerprint density at radius 2 is 1.07 bits per heavy atom. The average molecular weight is 774 g/mol. The van der Waals surface area contributed by atoms with Gasteiger partial charge in [0.05, 0.1) is 11.2 Å². The van der Waals surface area contributed by atoms with Gasteiger partial charge in [0, 0.05) is 39.0 Å². The monoisotopic (exact) mass is 773 g/mol. The van der Waals surface area contributed by atoms with E-state index in [1.165, 1.54) is 22.3 Å². The highest BCUT2D eigenvalue weighted by Gasteiger charge is 2.35. The van der Waals surface area contributed by atoms with E-state index in [9.17, 15) is 0 Å². The Balaban J connectivity index is 1.07. The van der Waals surface area contributed by atoms with Crippen LogP contribution in [0.15, 0.2) is 195 Å². The highest BCUT2D eigenvalue weighted by molar-refractivity contribution is 5.90. The Morgan fingerprint density at radius 1 is 0.533 bits per heavy atom. The molecule has 0 saturated carbocycles. The molecule has 0 unspecified atom stereocenters. The third-order valence-electron chi connectivity index (χ3n) is 11.9. The quantitative estimate of drug-likeness (QED) is 0.137. The van der Waals surface area contributed by atoms with Gasteiger partial charge in [0.1, 0.15) is 0 Å². The van der Waals surface area contributed by atoms with Gasteiger partial charge in [0.25, 0.3) is 0 Å². The zero-order valence-electron chi connectivity index (χ0n) is 33.9. The molecule has 0 fully saturated rings. The second kappa shape index (κ2) is 14.9. The molecule has 0 atom stereocenters. The molecule has 1 aliphatic carbocycles. The van der Waals surface area contributed by atoms with Crippen LogP contribution in [-0.4, -0.2) is 19.5 Å². The van der Waals surface area contributed by atoms with Crippen molar-refractivity contribution >= 4 is 34.0 Å². The molecule has 5 heteroatoms. The molecular weight excluding hydrogens is 731 g/mol. The maximum atomic E-state index is 5.26. The van der Waals surface area contributed by atoms with Crippen LogP contribution in [0.2, 0.25) is 0 Å². The zero-order valence-corrected chi connectivity index (χ0v) is 33.9. The smallest absolute Gasteiger partial charge is 0.238 e. The lowest BCUT2D eigenvalue weighted by atomic mass is 9.82. The minimum Gasteiger partial charge on any atom is -0.311 e. The zero-order chi connectivity index (χ0) is 40.8. The van der Waals surface area contributed by atoms with Crippen LogP contribution in [0.4, 0.5) is 17.1 Å². The number of hydrogen-bond donors (Lipinski definition) is 0. The van der Waals surface area contributed by atoms with Crippen molar-refractivity contribution in [1.29, 1.82) is 0 Å². The number of anilines is 3. The average Bonchev–Trinajstić information content (AvgIpc) is 3.72. The topological polar surface area (TPSA) is 46.8 Å². The molecule has 9 aromatic rings. The van der Waals surface area contributed by atoms with Gasteiger partial charge in [-0.25, -0.2) is 4.98 Å². The number of fused-ring (bicyclic) bond motifs is 4. The van der Waals surface area contributed by atoms with Gasteiger partial charge >= 0.3 is 0 Å².